The molecule has 0 radical (unpaired) electrons. The van der Waals surface area contributed by atoms with Gasteiger partial charge in [0.15, 0.2) is 6.54 Å². The van der Waals surface area contributed by atoms with Crippen LogP contribution in [-0.4, -0.2) is 51.8 Å². The van der Waals surface area contributed by atoms with Crippen LogP contribution in [0.2, 0.25) is 5.02 Å². The predicted octanol–water partition coefficient (Wildman–Crippen LogP) is 0.516. The van der Waals surface area contributed by atoms with Crippen LogP contribution in [0.4, 0.5) is 0 Å². The van der Waals surface area contributed by atoms with E-state index >= 15 is 0 Å². The molecule has 2 aromatic carbocycles. The summed E-state index contributed by atoms with van der Waals surface area (Å²) in [5.74, 6) is 0.0811. The zero-order valence-electron chi connectivity index (χ0n) is 17.3. The summed E-state index contributed by atoms with van der Waals surface area (Å²) in [7, 11) is 2.04. The first-order chi connectivity index (χ1) is 14.0. The van der Waals surface area contributed by atoms with Gasteiger partial charge in [-0.1, -0.05) is 54.1 Å². The smallest absolute Gasteiger partial charge is 0.275 e. The number of likely N-dealkylation sites (N-methyl/N-ethyl adjacent to an activating group) is 1. The largest absolute Gasteiger partial charge is 0.370 e. The van der Waals surface area contributed by atoms with Crippen molar-refractivity contribution >= 4 is 17.5 Å². The lowest BCUT2D eigenvalue weighted by atomic mass is 9.98. The Hall–Kier alpha value is -1.92. The minimum Gasteiger partial charge on any atom is -0.370 e. The average Bonchev–Trinajstić information content (AvgIpc) is 2.71. The van der Waals surface area contributed by atoms with Crippen LogP contribution >= 0.6 is 11.6 Å². The molecule has 0 spiro atoms. The summed E-state index contributed by atoms with van der Waals surface area (Å²) in [5, 5.41) is 3.99. The van der Waals surface area contributed by atoms with E-state index in [4.69, 9.17) is 16.3 Å². The fraction of sp³-hybridized carbons (Fsp3) is 0.435. The molecule has 6 heteroatoms. The summed E-state index contributed by atoms with van der Waals surface area (Å²) in [4.78, 5) is 15.4. The van der Waals surface area contributed by atoms with Crippen LogP contribution in [0.1, 0.15) is 24.1 Å². The molecule has 3 N–H and O–H groups in total. The molecule has 156 valence electrons. The number of benzene rings is 2. The molecule has 1 fully saturated rings. The Morgan fingerprint density at radius 3 is 2.45 bits per heavy atom. The molecule has 0 bridgehead atoms. The molecule has 0 aliphatic carbocycles. The molecule has 29 heavy (non-hydrogen) atoms. The van der Waals surface area contributed by atoms with Crippen molar-refractivity contribution in [2.24, 2.45) is 0 Å². The third-order valence-corrected chi connectivity index (χ3v) is 5.76. The monoisotopic (exact) mass is 417 g/mol. The topological polar surface area (TPSA) is 47.2 Å². The van der Waals surface area contributed by atoms with Gasteiger partial charge in [0.1, 0.15) is 25.7 Å². The maximum atomic E-state index is 12.7. The van der Waals surface area contributed by atoms with Gasteiger partial charge in [0, 0.05) is 16.1 Å². The van der Waals surface area contributed by atoms with Gasteiger partial charge in [0.05, 0.1) is 26.3 Å². The SMILES string of the molecule is C[C@@H](NC(=O)C[NH+](C)Cc1ccc(Cl)cc1)[C@@H](c1ccccc1)[NH+]1CCOCC1. The number of ether oxygens (including phenoxy) is 1. The molecular formula is C23H32ClN3O2+2. The van der Waals surface area contributed by atoms with Crippen molar-refractivity contribution in [3.63, 3.8) is 0 Å². The third kappa shape index (κ3) is 6.54. The van der Waals surface area contributed by atoms with Crippen LogP contribution in [0.5, 0.6) is 0 Å². The average molecular weight is 418 g/mol. The zero-order chi connectivity index (χ0) is 20.6. The number of hydrogen-bond donors (Lipinski definition) is 3. The highest BCUT2D eigenvalue weighted by atomic mass is 35.5. The van der Waals surface area contributed by atoms with E-state index in [1.807, 2.05) is 37.4 Å². The number of halogens is 1. The summed E-state index contributed by atoms with van der Waals surface area (Å²) < 4.78 is 5.54. The Labute approximate surface area is 178 Å². The molecule has 1 saturated heterocycles. The number of morpholine rings is 1. The molecule has 0 aromatic heterocycles. The van der Waals surface area contributed by atoms with Crippen molar-refractivity contribution in [1.29, 1.82) is 0 Å². The molecular weight excluding hydrogens is 386 g/mol. The number of amides is 1. The number of nitrogens with one attached hydrogen (secondary N) is 3. The van der Waals surface area contributed by atoms with Gasteiger partial charge in [-0.05, 0) is 19.1 Å². The normalized spacial score (nSPS) is 18.0. The summed E-state index contributed by atoms with van der Waals surface area (Å²) in [6, 6.07) is 18.6. The van der Waals surface area contributed by atoms with E-state index < -0.39 is 0 Å². The molecule has 0 saturated carbocycles. The van der Waals surface area contributed by atoms with Crippen LogP contribution in [0.25, 0.3) is 0 Å². The summed E-state index contributed by atoms with van der Waals surface area (Å²) in [6.45, 7) is 6.80. The van der Waals surface area contributed by atoms with Gasteiger partial charge >= 0.3 is 0 Å². The van der Waals surface area contributed by atoms with Crippen molar-refractivity contribution in [2.45, 2.75) is 25.6 Å². The molecule has 1 heterocycles. The second-order valence-corrected chi connectivity index (χ2v) is 8.39. The van der Waals surface area contributed by atoms with Crippen molar-refractivity contribution in [1.82, 2.24) is 5.32 Å². The van der Waals surface area contributed by atoms with Crippen LogP contribution in [0.3, 0.4) is 0 Å². The summed E-state index contributed by atoms with van der Waals surface area (Å²) >= 11 is 5.95. The Bertz CT molecular complexity index is 763. The number of carbonyl (C=O) groups is 1. The lowest BCUT2D eigenvalue weighted by molar-refractivity contribution is -0.940. The second kappa shape index (κ2) is 10.7. The Morgan fingerprint density at radius 2 is 1.79 bits per heavy atom. The fourth-order valence-corrected chi connectivity index (χ4v) is 4.28. The van der Waals surface area contributed by atoms with Crippen LogP contribution in [0, 0.1) is 0 Å². The van der Waals surface area contributed by atoms with Crippen molar-refractivity contribution < 1.29 is 19.3 Å². The lowest BCUT2D eigenvalue weighted by Crippen LogP contribution is -3.15. The van der Waals surface area contributed by atoms with Crippen LogP contribution < -0.4 is 15.1 Å². The highest BCUT2D eigenvalue weighted by Crippen LogP contribution is 2.14. The number of hydrogen-bond acceptors (Lipinski definition) is 2. The zero-order valence-corrected chi connectivity index (χ0v) is 18.0. The third-order valence-electron chi connectivity index (χ3n) is 5.50. The molecule has 1 aliphatic rings. The van der Waals surface area contributed by atoms with Crippen LogP contribution in [-0.2, 0) is 16.1 Å². The molecule has 1 aliphatic heterocycles. The quantitative estimate of drug-likeness (QED) is 0.586. The van der Waals surface area contributed by atoms with Crippen LogP contribution in [0.15, 0.2) is 54.6 Å². The van der Waals surface area contributed by atoms with Gasteiger partial charge in [-0.15, -0.1) is 0 Å². The molecule has 3 atom stereocenters. The standard InChI is InChI=1S/C23H30ClN3O2/c1-18(23(20-6-4-3-5-7-20)27-12-14-29-15-13-27)25-22(28)17-26(2)16-19-8-10-21(24)11-9-19/h3-11,18,23H,12-17H2,1-2H3,(H,25,28)/p+2/t18-,23+/m1/s1. The number of rotatable bonds is 8. The molecule has 1 unspecified atom stereocenters. The molecule has 1 amide bonds. The lowest BCUT2D eigenvalue weighted by Gasteiger charge is -2.35. The minimum absolute atomic E-state index is 0.0429. The molecule has 2 aromatic rings. The Morgan fingerprint density at radius 1 is 1.14 bits per heavy atom. The predicted molar refractivity (Wildman–Crippen MR) is 115 cm³/mol. The van der Waals surface area contributed by atoms with Crippen molar-refractivity contribution in [3.05, 3.63) is 70.7 Å². The minimum atomic E-state index is 0.0429. The first kappa shape index (κ1) is 21.8. The van der Waals surface area contributed by atoms with Crippen molar-refractivity contribution in [3.8, 4) is 0 Å². The van der Waals surface area contributed by atoms with Gasteiger partial charge in [-0.25, -0.2) is 0 Å². The highest BCUT2D eigenvalue weighted by Gasteiger charge is 2.32. The first-order valence-electron chi connectivity index (χ1n) is 10.4. The van der Waals surface area contributed by atoms with Gasteiger partial charge in [-0.3, -0.25) is 4.79 Å². The second-order valence-electron chi connectivity index (χ2n) is 7.95. The number of quaternary nitrogens is 2. The van der Waals surface area contributed by atoms with Gasteiger partial charge in [0.2, 0.25) is 0 Å². The van der Waals surface area contributed by atoms with Gasteiger partial charge < -0.3 is 19.9 Å². The number of carbonyl (C=O) groups excluding carboxylic acids is 1. The van der Waals surface area contributed by atoms with Crippen molar-refractivity contribution in [2.75, 3.05) is 39.9 Å². The van der Waals surface area contributed by atoms with E-state index in [1.54, 1.807) is 0 Å². The Kier molecular flexibility index (Phi) is 8.07. The van der Waals surface area contributed by atoms with E-state index in [2.05, 4.69) is 36.5 Å². The van der Waals surface area contributed by atoms with E-state index in [-0.39, 0.29) is 18.0 Å². The van der Waals surface area contributed by atoms with E-state index in [9.17, 15) is 4.79 Å². The van der Waals surface area contributed by atoms with Gasteiger partial charge in [0.25, 0.3) is 5.91 Å². The van der Waals surface area contributed by atoms with E-state index in [1.165, 1.54) is 16.0 Å². The first-order valence-corrected chi connectivity index (χ1v) is 10.7. The van der Waals surface area contributed by atoms with E-state index in [0.29, 0.717) is 6.54 Å². The van der Waals surface area contributed by atoms with E-state index in [0.717, 1.165) is 42.8 Å². The fourth-order valence-electron chi connectivity index (χ4n) is 4.16. The summed E-state index contributed by atoms with van der Waals surface area (Å²) in [6.07, 6.45) is 0. The molecule has 5 nitrogen and oxygen atoms in total. The van der Waals surface area contributed by atoms with Gasteiger partial charge in [-0.2, -0.15) is 0 Å². The maximum Gasteiger partial charge on any atom is 0.275 e. The summed E-state index contributed by atoms with van der Waals surface area (Å²) in [5.41, 5.74) is 2.44. The molecule has 3 rings (SSSR count). The maximum absolute atomic E-state index is 12.7. The Balaban J connectivity index is 1.59. The highest BCUT2D eigenvalue weighted by molar-refractivity contribution is 6.30.